The average Bonchev–Trinajstić information content (AvgIpc) is 2.67. The third-order valence-electron chi connectivity index (χ3n) is 4.05. The van der Waals surface area contributed by atoms with E-state index in [0.717, 1.165) is 26.4 Å². The van der Waals surface area contributed by atoms with Gasteiger partial charge in [0.05, 0.1) is 6.42 Å². The number of fused-ring (bicyclic) bond motifs is 1. The fraction of sp³-hybridized carbons (Fsp3) is 0.0435. The third-order valence-corrected chi connectivity index (χ3v) is 4.93. The highest BCUT2D eigenvalue weighted by atomic mass is 79.9. The summed E-state index contributed by atoms with van der Waals surface area (Å²) in [5, 5.41) is 11.4. The molecule has 0 saturated carbocycles. The number of allylic oxidation sites excluding steroid dienone is 2. The summed E-state index contributed by atoms with van der Waals surface area (Å²) >= 11 is 3.58. The fourth-order valence-electron chi connectivity index (χ4n) is 2.63. The number of rotatable bonds is 6. The molecule has 1 N–H and O–H groups in total. The van der Waals surface area contributed by atoms with Crippen molar-refractivity contribution in [1.29, 1.82) is 0 Å². The van der Waals surface area contributed by atoms with Crippen LogP contribution in [0.15, 0.2) is 77.3 Å². The van der Waals surface area contributed by atoms with Gasteiger partial charge in [-0.2, -0.15) is 0 Å². The monoisotopic (exact) mass is 420 g/mol. The largest absolute Gasteiger partial charge is 0.508 e. The summed E-state index contributed by atoms with van der Waals surface area (Å²) in [6.45, 7) is 0. The minimum absolute atomic E-state index is 0.165. The van der Waals surface area contributed by atoms with Crippen molar-refractivity contribution in [2.24, 2.45) is 0 Å². The lowest BCUT2D eigenvalue weighted by atomic mass is 10.1. The topological polar surface area (TPSA) is 54.4 Å². The maximum atomic E-state index is 12.1. The molecule has 0 fully saturated rings. The van der Waals surface area contributed by atoms with Crippen LogP contribution in [0.5, 0.6) is 5.75 Å². The van der Waals surface area contributed by atoms with Gasteiger partial charge in [0.1, 0.15) is 5.75 Å². The van der Waals surface area contributed by atoms with Crippen LogP contribution in [0.4, 0.5) is 0 Å². The predicted molar refractivity (Wildman–Crippen MR) is 112 cm³/mol. The quantitative estimate of drug-likeness (QED) is 0.419. The predicted octanol–water partition coefficient (Wildman–Crippen LogP) is 5.56. The molecule has 0 aromatic heterocycles. The summed E-state index contributed by atoms with van der Waals surface area (Å²) in [5.74, 6) is -0.357. The molecule has 0 unspecified atom stereocenters. The van der Waals surface area contributed by atoms with Gasteiger partial charge in [0.25, 0.3) is 0 Å². The lowest BCUT2D eigenvalue weighted by Gasteiger charge is -2.04. The van der Waals surface area contributed by atoms with E-state index in [1.54, 1.807) is 36.4 Å². The van der Waals surface area contributed by atoms with E-state index >= 15 is 0 Å². The number of carbonyl (C=O) groups is 2. The molecular formula is C23H17BrO3. The molecule has 0 aliphatic heterocycles. The Morgan fingerprint density at radius 1 is 0.852 bits per heavy atom. The van der Waals surface area contributed by atoms with Crippen LogP contribution in [-0.4, -0.2) is 16.7 Å². The molecule has 0 radical (unpaired) electrons. The SMILES string of the molecule is O=C(C=Cc1ccc(O)cc1)CC(=O)C=Cc1ccc2ccccc2c1Br. The number of benzene rings is 3. The van der Waals surface area contributed by atoms with Crippen molar-refractivity contribution in [3.8, 4) is 5.75 Å². The molecule has 3 aromatic rings. The Morgan fingerprint density at radius 2 is 1.52 bits per heavy atom. The number of carbonyl (C=O) groups excluding carboxylic acids is 2. The van der Waals surface area contributed by atoms with Crippen molar-refractivity contribution in [2.45, 2.75) is 6.42 Å². The number of ketones is 2. The van der Waals surface area contributed by atoms with Gasteiger partial charge in [0, 0.05) is 4.47 Å². The molecule has 4 heteroatoms. The summed E-state index contributed by atoms with van der Waals surface area (Å²) in [5.41, 5.74) is 1.67. The van der Waals surface area contributed by atoms with Crippen LogP contribution in [0.1, 0.15) is 17.5 Å². The molecule has 0 saturated heterocycles. The smallest absolute Gasteiger partial charge is 0.163 e. The highest BCUT2D eigenvalue weighted by Crippen LogP contribution is 2.28. The molecule has 0 bridgehead atoms. The maximum Gasteiger partial charge on any atom is 0.163 e. The first-order valence-electron chi connectivity index (χ1n) is 8.41. The molecular weight excluding hydrogens is 404 g/mol. The Balaban J connectivity index is 1.64. The Morgan fingerprint density at radius 3 is 2.26 bits per heavy atom. The molecule has 27 heavy (non-hydrogen) atoms. The molecule has 0 atom stereocenters. The second-order valence-electron chi connectivity index (χ2n) is 6.06. The van der Waals surface area contributed by atoms with E-state index in [1.165, 1.54) is 12.2 Å². The number of aromatic hydroxyl groups is 1. The lowest BCUT2D eigenvalue weighted by Crippen LogP contribution is -2.01. The van der Waals surface area contributed by atoms with E-state index in [9.17, 15) is 14.7 Å². The zero-order valence-electron chi connectivity index (χ0n) is 14.4. The van der Waals surface area contributed by atoms with Gasteiger partial charge >= 0.3 is 0 Å². The fourth-order valence-corrected chi connectivity index (χ4v) is 3.25. The van der Waals surface area contributed by atoms with Crippen LogP contribution in [0.2, 0.25) is 0 Å². The summed E-state index contributed by atoms with van der Waals surface area (Å²) in [6, 6.07) is 18.4. The van der Waals surface area contributed by atoms with Crippen molar-refractivity contribution in [3.63, 3.8) is 0 Å². The van der Waals surface area contributed by atoms with Crippen molar-refractivity contribution in [3.05, 3.63) is 88.4 Å². The van der Waals surface area contributed by atoms with Crippen LogP contribution in [0.3, 0.4) is 0 Å². The Kier molecular flexibility index (Phi) is 5.99. The van der Waals surface area contributed by atoms with Crippen molar-refractivity contribution in [2.75, 3.05) is 0 Å². The van der Waals surface area contributed by atoms with Crippen molar-refractivity contribution < 1.29 is 14.7 Å². The maximum absolute atomic E-state index is 12.1. The van der Waals surface area contributed by atoms with Gasteiger partial charge in [-0.1, -0.05) is 60.7 Å². The highest BCUT2D eigenvalue weighted by Gasteiger charge is 2.06. The van der Waals surface area contributed by atoms with Gasteiger partial charge in [-0.05, 0) is 62.1 Å². The van der Waals surface area contributed by atoms with E-state index in [2.05, 4.69) is 15.9 Å². The van der Waals surface area contributed by atoms with Crippen LogP contribution in [-0.2, 0) is 9.59 Å². The molecule has 0 aliphatic carbocycles. The van der Waals surface area contributed by atoms with Gasteiger partial charge in [-0.25, -0.2) is 0 Å². The van der Waals surface area contributed by atoms with Crippen LogP contribution in [0.25, 0.3) is 22.9 Å². The van der Waals surface area contributed by atoms with E-state index in [0.29, 0.717) is 0 Å². The summed E-state index contributed by atoms with van der Waals surface area (Å²) in [7, 11) is 0. The first-order valence-corrected chi connectivity index (χ1v) is 9.20. The number of halogens is 1. The van der Waals surface area contributed by atoms with E-state index in [-0.39, 0.29) is 23.7 Å². The first kappa shape index (κ1) is 18.8. The molecule has 0 heterocycles. The summed E-state index contributed by atoms with van der Waals surface area (Å²) < 4.78 is 0.920. The summed E-state index contributed by atoms with van der Waals surface area (Å²) in [4.78, 5) is 24.0. The normalized spacial score (nSPS) is 11.4. The second-order valence-corrected chi connectivity index (χ2v) is 6.85. The third kappa shape index (κ3) is 5.02. The number of hydrogen-bond donors (Lipinski definition) is 1. The minimum Gasteiger partial charge on any atom is -0.508 e. The Labute approximate surface area is 165 Å². The standard InChI is InChI=1S/C23H17BrO3/c24-23-18(9-8-17-3-1-2-4-22(17)23)10-14-21(27)15-20(26)13-7-16-5-11-19(25)12-6-16/h1-14,25H,15H2. The van der Waals surface area contributed by atoms with Crippen LogP contribution < -0.4 is 0 Å². The molecule has 0 aliphatic rings. The lowest BCUT2D eigenvalue weighted by molar-refractivity contribution is -0.121. The summed E-state index contributed by atoms with van der Waals surface area (Å²) in [6.07, 6.45) is 5.97. The molecule has 3 rings (SSSR count). The zero-order valence-corrected chi connectivity index (χ0v) is 16.0. The molecule has 3 aromatic carbocycles. The van der Waals surface area contributed by atoms with E-state index in [1.807, 2.05) is 36.4 Å². The zero-order chi connectivity index (χ0) is 19.2. The van der Waals surface area contributed by atoms with E-state index < -0.39 is 0 Å². The first-order chi connectivity index (χ1) is 13.0. The Hall–Kier alpha value is -2.98. The Bertz CT molecular complexity index is 1050. The highest BCUT2D eigenvalue weighted by molar-refractivity contribution is 9.10. The number of hydrogen-bond acceptors (Lipinski definition) is 3. The molecule has 0 amide bonds. The van der Waals surface area contributed by atoms with Gasteiger partial charge in [-0.3, -0.25) is 9.59 Å². The van der Waals surface area contributed by atoms with Gasteiger partial charge < -0.3 is 5.11 Å². The minimum atomic E-state index is -0.268. The van der Waals surface area contributed by atoms with Crippen molar-refractivity contribution in [1.82, 2.24) is 0 Å². The average molecular weight is 421 g/mol. The van der Waals surface area contributed by atoms with Crippen LogP contribution >= 0.6 is 15.9 Å². The molecule has 3 nitrogen and oxygen atoms in total. The van der Waals surface area contributed by atoms with Crippen LogP contribution in [0, 0.1) is 0 Å². The van der Waals surface area contributed by atoms with Gasteiger partial charge in [-0.15, -0.1) is 0 Å². The van der Waals surface area contributed by atoms with E-state index in [4.69, 9.17) is 0 Å². The van der Waals surface area contributed by atoms with Crippen molar-refractivity contribution >= 4 is 50.4 Å². The number of phenols is 1. The second kappa shape index (κ2) is 8.60. The van der Waals surface area contributed by atoms with Gasteiger partial charge in [0.2, 0.25) is 0 Å². The molecule has 0 spiro atoms. The number of phenolic OH excluding ortho intramolecular Hbond substituents is 1. The molecule has 134 valence electrons. The van der Waals surface area contributed by atoms with Gasteiger partial charge in [0.15, 0.2) is 11.6 Å².